The number of ether oxygens (including phenoxy) is 5. The highest BCUT2D eigenvalue weighted by Gasteiger charge is 2.47. The van der Waals surface area contributed by atoms with Crippen LogP contribution in [0.5, 0.6) is 0 Å². The molecule has 1 aliphatic heterocycles. The molecule has 0 bridgehead atoms. The molecule has 0 spiro atoms. The maximum absolute atomic E-state index is 15.6. The van der Waals surface area contributed by atoms with Crippen molar-refractivity contribution in [3.8, 4) is 6.07 Å². The van der Waals surface area contributed by atoms with E-state index in [9.17, 15) is 28.0 Å². The number of allylic oxidation sites excluding steroid dienone is 2. The van der Waals surface area contributed by atoms with E-state index in [1.807, 2.05) is 6.07 Å². The minimum atomic E-state index is -1.94. The first kappa shape index (κ1) is 43.0. The highest BCUT2D eigenvalue weighted by Crippen LogP contribution is 2.42. The molecular formula is C37H38F3N5O10S. The number of aliphatic carboxylic acids is 1. The molecule has 1 saturated heterocycles. The standard InChI is InChI=1S/C37H38F3N5O10S/c1-24(56-28-18-51-35(52-19-28)6-4-3-5-26-8-7-25(17-41)15-30(26)39)37(20-45-22-42-21-43-45,29-10-9-27(38)16-31(29)40)55-36(50)54-23-53-34(49)12-11-32(46)44(2)14-13-33(47)48/h3-10,15-16,21-22,24,28,35H,11-14,18-20,23H2,1-2H3,(H,47,48)/b5-3+,6-4+/t24-,28?,35?,37-/m1/s1. The van der Waals surface area contributed by atoms with Crippen molar-refractivity contribution in [2.24, 2.45) is 0 Å². The van der Waals surface area contributed by atoms with Crippen molar-refractivity contribution in [2.45, 2.75) is 55.1 Å². The number of benzene rings is 2. The van der Waals surface area contributed by atoms with Gasteiger partial charge in [-0.3, -0.25) is 14.4 Å². The summed E-state index contributed by atoms with van der Waals surface area (Å²) >= 11 is 1.22. The molecule has 0 radical (unpaired) electrons. The molecule has 1 amide bonds. The number of halogens is 3. The van der Waals surface area contributed by atoms with Gasteiger partial charge < -0.3 is 33.7 Å². The van der Waals surface area contributed by atoms with Crippen LogP contribution < -0.4 is 0 Å². The third kappa shape index (κ3) is 12.7. The summed E-state index contributed by atoms with van der Waals surface area (Å²) in [6.45, 7) is 0.625. The van der Waals surface area contributed by atoms with Gasteiger partial charge in [0.05, 0.1) is 49.5 Å². The summed E-state index contributed by atoms with van der Waals surface area (Å²) in [6, 6.07) is 8.74. The van der Waals surface area contributed by atoms with Crippen LogP contribution in [0, 0.1) is 28.8 Å². The second-order valence-corrected chi connectivity index (χ2v) is 13.9. The summed E-state index contributed by atoms with van der Waals surface area (Å²) in [5.74, 6) is -4.95. The molecule has 1 fully saturated rings. The van der Waals surface area contributed by atoms with Gasteiger partial charge in [-0.05, 0) is 37.3 Å². The van der Waals surface area contributed by atoms with Crippen LogP contribution in [0.1, 0.15) is 42.9 Å². The summed E-state index contributed by atoms with van der Waals surface area (Å²) in [5, 5.41) is 20.6. The number of amides is 1. The topological polar surface area (TPSA) is 192 Å². The Morgan fingerprint density at radius 3 is 2.52 bits per heavy atom. The molecular weight excluding hydrogens is 763 g/mol. The molecule has 2 heterocycles. The lowest BCUT2D eigenvalue weighted by molar-refractivity contribution is -0.157. The van der Waals surface area contributed by atoms with Crippen molar-refractivity contribution >= 4 is 41.8 Å². The summed E-state index contributed by atoms with van der Waals surface area (Å²) in [6.07, 6.45) is 5.75. The predicted molar refractivity (Wildman–Crippen MR) is 192 cm³/mol. The molecule has 1 N–H and O–H groups in total. The highest BCUT2D eigenvalue weighted by atomic mass is 32.2. The lowest BCUT2D eigenvalue weighted by atomic mass is 9.89. The summed E-state index contributed by atoms with van der Waals surface area (Å²) in [7, 11) is 1.39. The van der Waals surface area contributed by atoms with E-state index in [2.05, 4.69) is 10.1 Å². The number of carboxylic acid groups (broad SMARTS) is 1. The van der Waals surface area contributed by atoms with Crippen LogP contribution >= 0.6 is 11.8 Å². The maximum Gasteiger partial charge on any atom is 0.512 e. The van der Waals surface area contributed by atoms with Crippen LogP contribution in [-0.2, 0) is 50.2 Å². The molecule has 0 aliphatic carbocycles. The fourth-order valence-electron chi connectivity index (χ4n) is 5.31. The van der Waals surface area contributed by atoms with Gasteiger partial charge in [0.2, 0.25) is 12.7 Å². The monoisotopic (exact) mass is 801 g/mol. The Labute approximate surface area is 323 Å². The second kappa shape index (κ2) is 20.8. The lowest BCUT2D eigenvalue weighted by Gasteiger charge is -2.40. The van der Waals surface area contributed by atoms with Crippen LogP contribution in [0.4, 0.5) is 18.0 Å². The number of aromatic nitrogens is 3. The van der Waals surface area contributed by atoms with E-state index in [-0.39, 0.29) is 61.1 Å². The first-order chi connectivity index (χ1) is 26.8. The lowest BCUT2D eigenvalue weighted by Crippen LogP contribution is -2.47. The van der Waals surface area contributed by atoms with Crippen LogP contribution in [0.25, 0.3) is 6.08 Å². The van der Waals surface area contributed by atoms with E-state index in [0.717, 1.165) is 23.1 Å². The summed E-state index contributed by atoms with van der Waals surface area (Å²) in [4.78, 5) is 53.4. The highest BCUT2D eigenvalue weighted by molar-refractivity contribution is 8.00. The fraction of sp³-hybridized carbons (Fsp3) is 0.378. The van der Waals surface area contributed by atoms with Gasteiger partial charge in [-0.2, -0.15) is 10.4 Å². The molecule has 56 heavy (non-hydrogen) atoms. The number of rotatable bonds is 18. The Bertz CT molecular complexity index is 1940. The SMILES string of the molecule is C[C@@H](SC1COC(/C=C/C=C/c2ccc(C#N)cc2F)OC1)[C@@](Cn1cncn1)(OC(=O)OCOC(=O)CCC(=O)N(C)CCC(=O)O)c1ccc(F)cc1F. The van der Waals surface area contributed by atoms with Crippen molar-refractivity contribution in [3.05, 3.63) is 101 Å². The molecule has 19 heteroatoms. The number of carbonyl (C=O) groups excluding carboxylic acids is 3. The van der Waals surface area contributed by atoms with Gasteiger partial charge in [-0.15, -0.1) is 11.8 Å². The average Bonchev–Trinajstić information content (AvgIpc) is 3.68. The zero-order valence-electron chi connectivity index (χ0n) is 30.2. The number of nitriles is 1. The van der Waals surface area contributed by atoms with Gasteiger partial charge in [0.1, 0.15) is 30.1 Å². The molecule has 298 valence electrons. The Morgan fingerprint density at radius 2 is 1.86 bits per heavy atom. The molecule has 1 aromatic heterocycles. The van der Waals surface area contributed by atoms with Gasteiger partial charge in [0.25, 0.3) is 0 Å². The first-order valence-corrected chi connectivity index (χ1v) is 17.9. The third-order valence-electron chi connectivity index (χ3n) is 8.27. The van der Waals surface area contributed by atoms with Crippen molar-refractivity contribution in [3.63, 3.8) is 0 Å². The summed E-state index contributed by atoms with van der Waals surface area (Å²) < 4.78 is 72.7. The third-order valence-corrected chi connectivity index (χ3v) is 9.72. The molecule has 2 aromatic carbocycles. The van der Waals surface area contributed by atoms with Gasteiger partial charge in [0, 0.05) is 42.5 Å². The zero-order valence-corrected chi connectivity index (χ0v) is 31.0. The molecule has 1 aliphatic rings. The van der Waals surface area contributed by atoms with Crippen LogP contribution in [0.3, 0.4) is 0 Å². The molecule has 4 rings (SSSR count). The predicted octanol–water partition coefficient (Wildman–Crippen LogP) is 4.96. The van der Waals surface area contributed by atoms with Crippen molar-refractivity contribution in [1.29, 1.82) is 5.26 Å². The molecule has 3 aromatic rings. The number of nitrogens with zero attached hydrogens (tertiary/aromatic N) is 5. The largest absolute Gasteiger partial charge is 0.512 e. The molecule has 0 unspecified atom stereocenters. The minimum absolute atomic E-state index is 0.0522. The van der Waals surface area contributed by atoms with E-state index in [4.69, 9.17) is 34.1 Å². The Morgan fingerprint density at radius 1 is 1.09 bits per heavy atom. The maximum atomic E-state index is 15.6. The van der Waals surface area contributed by atoms with E-state index < -0.39 is 71.8 Å². The van der Waals surface area contributed by atoms with E-state index in [1.54, 1.807) is 25.2 Å². The minimum Gasteiger partial charge on any atom is -0.481 e. The van der Waals surface area contributed by atoms with E-state index >= 15 is 4.39 Å². The van der Waals surface area contributed by atoms with E-state index in [1.165, 1.54) is 54.4 Å². The van der Waals surface area contributed by atoms with Gasteiger partial charge in [-0.1, -0.05) is 24.3 Å². The van der Waals surface area contributed by atoms with Crippen LogP contribution in [0.15, 0.2) is 67.3 Å². The average molecular weight is 802 g/mol. The Balaban J connectivity index is 1.41. The number of thioether (sulfide) groups is 1. The van der Waals surface area contributed by atoms with Gasteiger partial charge >= 0.3 is 18.1 Å². The Kier molecular flexibility index (Phi) is 16.0. The molecule has 0 saturated carbocycles. The summed E-state index contributed by atoms with van der Waals surface area (Å²) in [5.41, 5.74) is -1.67. The quantitative estimate of drug-likeness (QED) is 0.103. The number of hydrogen-bond donors (Lipinski definition) is 1. The van der Waals surface area contributed by atoms with Gasteiger partial charge in [-0.25, -0.2) is 27.6 Å². The van der Waals surface area contributed by atoms with Crippen LogP contribution in [0.2, 0.25) is 0 Å². The second-order valence-electron chi connectivity index (χ2n) is 12.2. The van der Waals surface area contributed by atoms with Crippen molar-refractivity contribution < 1.29 is 61.1 Å². The number of esters is 1. The normalized spacial score (nSPS) is 17.1. The van der Waals surface area contributed by atoms with Crippen molar-refractivity contribution in [2.75, 3.05) is 33.6 Å². The molecule has 2 atom stereocenters. The number of hydrogen-bond acceptors (Lipinski definition) is 13. The smallest absolute Gasteiger partial charge is 0.481 e. The Hall–Kier alpha value is -5.71. The number of carboxylic acids is 1. The number of carbonyl (C=O) groups is 4. The van der Waals surface area contributed by atoms with E-state index in [0.29, 0.717) is 6.07 Å². The van der Waals surface area contributed by atoms with Crippen molar-refractivity contribution in [1.82, 2.24) is 19.7 Å². The van der Waals surface area contributed by atoms with Gasteiger partial charge in [0.15, 0.2) is 11.9 Å². The zero-order chi connectivity index (χ0) is 40.7. The first-order valence-electron chi connectivity index (χ1n) is 17.0. The fourth-order valence-corrected chi connectivity index (χ4v) is 6.67. The molecule has 15 nitrogen and oxygen atoms in total. The van der Waals surface area contributed by atoms with Crippen LogP contribution in [-0.4, -0.2) is 99.2 Å².